The molecule has 1 aliphatic carbocycles. The highest BCUT2D eigenvalue weighted by Crippen LogP contribution is 2.34. The van der Waals surface area contributed by atoms with Crippen molar-refractivity contribution in [2.24, 2.45) is 0 Å². The molecule has 4 heteroatoms. The summed E-state index contributed by atoms with van der Waals surface area (Å²) in [4.78, 5) is 2.62. The zero-order chi connectivity index (χ0) is 14.7. The molecule has 0 radical (unpaired) electrons. The molecule has 1 N–H and O–H groups in total. The Morgan fingerprint density at radius 1 is 1.24 bits per heavy atom. The van der Waals surface area contributed by atoms with Gasteiger partial charge in [0, 0.05) is 18.6 Å². The number of hydrogen-bond donors (Lipinski definition) is 1. The fraction of sp³-hybridized carbons (Fsp3) is 0.647. The van der Waals surface area contributed by atoms with Crippen LogP contribution in [0.4, 0.5) is 0 Å². The lowest BCUT2D eigenvalue weighted by atomic mass is 10.0. The van der Waals surface area contributed by atoms with Gasteiger partial charge in [0.15, 0.2) is 11.5 Å². The molecule has 2 aliphatic rings. The normalized spacial score (nSPS) is 19.4. The van der Waals surface area contributed by atoms with Crippen LogP contribution in [0.1, 0.15) is 44.2 Å². The van der Waals surface area contributed by atoms with Gasteiger partial charge >= 0.3 is 0 Å². The van der Waals surface area contributed by atoms with Crippen molar-refractivity contribution in [1.82, 2.24) is 10.2 Å². The summed E-state index contributed by atoms with van der Waals surface area (Å²) in [6.07, 6.45) is 5.47. The van der Waals surface area contributed by atoms with Crippen molar-refractivity contribution >= 4 is 0 Å². The quantitative estimate of drug-likeness (QED) is 0.873. The average Bonchev–Trinajstić information content (AvgIpc) is 3.19. The van der Waals surface area contributed by atoms with Crippen LogP contribution in [0.3, 0.4) is 0 Å². The summed E-state index contributed by atoms with van der Waals surface area (Å²) >= 11 is 0. The Bertz CT molecular complexity index is 472. The Labute approximate surface area is 127 Å². The van der Waals surface area contributed by atoms with Gasteiger partial charge in [0.1, 0.15) is 0 Å². The maximum atomic E-state index is 5.50. The van der Waals surface area contributed by atoms with Crippen LogP contribution >= 0.6 is 0 Å². The van der Waals surface area contributed by atoms with E-state index in [-0.39, 0.29) is 0 Å². The summed E-state index contributed by atoms with van der Waals surface area (Å²) in [5, 5.41) is 3.46. The molecular formula is C17H26N2O2. The Kier molecular flexibility index (Phi) is 4.66. The topological polar surface area (TPSA) is 33.7 Å². The number of rotatable bonds is 6. The Morgan fingerprint density at radius 2 is 2.00 bits per heavy atom. The van der Waals surface area contributed by atoms with Gasteiger partial charge in [0.25, 0.3) is 0 Å². The van der Waals surface area contributed by atoms with Crippen molar-refractivity contribution in [1.29, 1.82) is 0 Å². The average molecular weight is 290 g/mol. The third-order valence-corrected chi connectivity index (χ3v) is 4.81. The van der Waals surface area contributed by atoms with Crippen LogP contribution in [-0.4, -0.2) is 37.9 Å². The number of ether oxygens (including phenoxy) is 2. The van der Waals surface area contributed by atoms with Gasteiger partial charge in [0.2, 0.25) is 6.79 Å². The van der Waals surface area contributed by atoms with Crippen LogP contribution in [0, 0.1) is 0 Å². The lowest BCUT2D eigenvalue weighted by Crippen LogP contribution is -2.39. The van der Waals surface area contributed by atoms with E-state index >= 15 is 0 Å². The van der Waals surface area contributed by atoms with E-state index in [9.17, 15) is 0 Å². The molecule has 0 amide bonds. The number of nitrogens with one attached hydrogen (secondary N) is 1. The van der Waals surface area contributed by atoms with Crippen molar-refractivity contribution < 1.29 is 9.47 Å². The second-order valence-electron chi connectivity index (χ2n) is 5.98. The van der Waals surface area contributed by atoms with Gasteiger partial charge in [-0.15, -0.1) is 0 Å². The van der Waals surface area contributed by atoms with Crippen molar-refractivity contribution in [3.05, 3.63) is 23.8 Å². The van der Waals surface area contributed by atoms with E-state index in [1.807, 2.05) is 13.1 Å². The van der Waals surface area contributed by atoms with Gasteiger partial charge in [-0.2, -0.15) is 0 Å². The molecule has 1 fully saturated rings. The minimum absolute atomic E-state index is 0.333. The second kappa shape index (κ2) is 6.67. The molecule has 4 nitrogen and oxygen atoms in total. The molecule has 3 rings (SSSR count). The highest BCUT2D eigenvalue weighted by molar-refractivity contribution is 5.45. The molecule has 1 atom stereocenters. The van der Waals surface area contributed by atoms with Crippen LogP contribution in [0.25, 0.3) is 0 Å². The van der Waals surface area contributed by atoms with Crippen LogP contribution in [0.2, 0.25) is 0 Å². The largest absolute Gasteiger partial charge is 0.454 e. The van der Waals surface area contributed by atoms with Crippen LogP contribution in [0.5, 0.6) is 11.5 Å². The molecule has 1 aliphatic heterocycles. The molecule has 1 unspecified atom stereocenters. The molecule has 116 valence electrons. The first-order chi connectivity index (χ1) is 10.3. The Hall–Kier alpha value is -1.26. The number of fused-ring (bicyclic) bond motifs is 1. The van der Waals surface area contributed by atoms with Crippen LogP contribution in [-0.2, 0) is 0 Å². The molecule has 1 saturated carbocycles. The summed E-state index contributed by atoms with van der Waals surface area (Å²) in [5.41, 5.74) is 1.28. The maximum Gasteiger partial charge on any atom is 0.231 e. The highest BCUT2D eigenvalue weighted by Gasteiger charge is 2.25. The molecule has 0 spiro atoms. The maximum absolute atomic E-state index is 5.50. The standard InChI is InChI=1S/C17H26N2O2/c1-3-19(14-6-4-5-7-14)11-15(18-2)13-8-9-16-17(10-13)21-12-20-16/h8-10,14-15,18H,3-7,11-12H2,1-2H3. The van der Waals surface area contributed by atoms with Crippen molar-refractivity contribution in [2.75, 3.05) is 26.9 Å². The number of hydrogen-bond acceptors (Lipinski definition) is 4. The smallest absolute Gasteiger partial charge is 0.231 e. The third-order valence-electron chi connectivity index (χ3n) is 4.81. The van der Waals surface area contributed by atoms with E-state index in [2.05, 4.69) is 29.3 Å². The highest BCUT2D eigenvalue weighted by atomic mass is 16.7. The molecule has 0 bridgehead atoms. The minimum atomic E-state index is 0.333. The van der Waals surface area contributed by atoms with Crippen molar-refractivity contribution in [2.45, 2.75) is 44.7 Å². The van der Waals surface area contributed by atoms with E-state index in [4.69, 9.17) is 9.47 Å². The molecule has 1 aromatic rings. The van der Waals surface area contributed by atoms with Gasteiger partial charge < -0.3 is 14.8 Å². The van der Waals surface area contributed by atoms with E-state index in [1.165, 1.54) is 31.2 Å². The summed E-state index contributed by atoms with van der Waals surface area (Å²) < 4.78 is 10.9. The fourth-order valence-corrected chi connectivity index (χ4v) is 3.53. The molecule has 0 saturated heterocycles. The Morgan fingerprint density at radius 3 is 2.71 bits per heavy atom. The van der Waals surface area contributed by atoms with E-state index in [1.54, 1.807) is 0 Å². The predicted octanol–water partition coefficient (Wildman–Crippen LogP) is 2.94. The fourth-order valence-electron chi connectivity index (χ4n) is 3.53. The summed E-state index contributed by atoms with van der Waals surface area (Å²) in [6.45, 7) is 4.78. The minimum Gasteiger partial charge on any atom is -0.454 e. The predicted molar refractivity (Wildman–Crippen MR) is 83.9 cm³/mol. The van der Waals surface area contributed by atoms with Gasteiger partial charge in [-0.05, 0) is 44.1 Å². The molecule has 1 heterocycles. The van der Waals surface area contributed by atoms with Crippen molar-refractivity contribution in [3.8, 4) is 11.5 Å². The summed E-state index contributed by atoms with van der Waals surface area (Å²) in [5.74, 6) is 1.73. The second-order valence-corrected chi connectivity index (χ2v) is 5.98. The lowest BCUT2D eigenvalue weighted by Gasteiger charge is -2.31. The SMILES string of the molecule is CCN(CC(NC)c1ccc2c(c1)OCO2)C1CCCC1. The zero-order valence-electron chi connectivity index (χ0n) is 13.1. The number of benzene rings is 1. The molecular weight excluding hydrogens is 264 g/mol. The zero-order valence-corrected chi connectivity index (χ0v) is 13.1. The molecule has 1 aromatic carbocycles. The summed E-state index contributed by atoms with van der Waals surface area (Å²) in [7, 11) is 2.04. The van der Waals surface area contributed by atoms with Gasteiger partial charge in [-0.3, -0.25) is 4.90 Å². The van der Waals surface area contributed by atoms with Crippen molar-refractivity contribution in [3.63, 3.8) is 0 Å². The molecule has 0 aromatic heterocycles. The first kappa shape index (κ1) is 14.7. The lowest BCUT2D eigenvalue weighted by molar-refractivity contribution is 0.173. The van der Waals surface area contributed by atoms with E-state index < -0.39 is 0 Å². The van der Waals surface area contributed by atoms with Gasteiger partial charge in [-0.25, -0.2) is 0 Å². The number of nitrogens with zero attached hydrogens (tertiary/aromatic N) is 1. The monoisotopic (exact) mass is 290 g/mol. The number of likely N-dealkylation sites (N-methyl/N-ethyl adjacent to an activating group) is 2. The van der Waals surface area contributed by atoms with Crippen LogP contribution in [0.15, 0.2) is 18.2 Å². The van der Waals surface area contributed by atoms with Crippen LogP contribution < -0.4 is 14.8 Å². The first-order valence-electron chi connectivity index (χ1n) is 8.12. The Balaban J connectivity index is 1.71. The third kappa shape index (κ3) is 3.16. The van der Waals surface area contributed by atoms with E-state index in [0.29, 0.717) is 12.8 Å². The van der Waals surface area contributed by atoms with Gasteiger partial charge in [-0.1, -0.05) is 25.8 Å². The first-order valence-corrected chi connectivity index (χ1v) is 8.12. The summed E-state index contributed by atoms with van der Waals surface area (Å²) in [6, 6.07) is 7.39. The molecule has 21 heavy (non-hydrogen) atoms. The van der Waals surface area contributed by atoms with Gasteiger partial charge in [0.05, 0.1) is 0 Å². The van der Waals surface area contributed by atoms with E-state index in [0.717, 1.165) is 30.6 Å².